The zero-order valence-electron chi connectivity index (χ0n) is 19.2. The van der Waals surface area contributed by atoms with Crippen molar-refractivity contribution in [2.75, 3.05) is 26.7 Å². The number of aliphatic imine (C=N–C) groups is 1. The van der Waals surface area contributed by atoms with Crippen molar-refractivity contribution in [3.05, 3.63) is 35.4 Å². The summed E-state index contributed by atoms with van der Waals surface area (Å²) in [6.07, 6.45) is 8.53. The second kappa shape index (κ2) is 12.6. The number of nitrogens with one attached hydrogen (secondary N) is 2. The van der Waals surface area contributed by atoms with Crippen molar-refractivity contribution in [2.45, 2.75) is 65.0 Å². The highest BCUT2D eigenvalue weighted by Crippen LogP contribution is 2.40. The van der Waals surface area contributed by atoms with E-state index in [0.29, 0.717) is 5.41 Å². The van der Waals surface area contributed by atoms with Gasteiger partial charge < -0.3 is 16.4 Å². The van der Waals surface area contributed by atoms with Crippen LogP contribution in [0, 0.1) is 11.3 Å². The number of hydrogen-bond acceptors (Lipinski definition) is 3. The van der Waals surface area contributed by atoms with Gasteiger partial charge in [-0.1, -0.05) is 44.0 Å². The molecule has 1 aliphatic carbocycles. The Kier molecular flexibility index (Phi) is 10.6. The predicted octanol–water partition coefficient (Wildman–Crippen LogP) is 3.64. The van der Waals surface area contributed by atoms with Crippen LogP contribution in [-0.2, 0) is 17.9 Å². The highest BCUT2D eigenvalue weighted by atomic mass is 127. The van der Waals surface area contributed by atoms with Crippen LogP contribution >= 0.6 is 24.0 Å². The van der Waals surface area contributed by atoms with Crippen LogP contribution < -0.4 is 16.4 Å². The monoisotopic (exact) mass is 541 g/mol. The molecule has 174 valence electrons. The maximum absolute atomic E-state index is 11.5. The van der Waals surface area contributed by atoms with E-state index in [1.54, 1.807) is 0 Å². The number of guanidine groups is 1. The van der Waals surface area contributed by atoms with Crippen molar-refractivity contribution in [3.63, 3.8) is 0 Å². The van der Waals surface area contributed by atoms with E-state index in [4.69, 9.17) is 5.73 Å². The summed E-state index contributed by atoms with van der Waals surface area (Å²) in [4.78, 5) is 18.3. The highest BCUT2D eigenvalue weighted by Gasteiger charge is 2.31. The molecule has 1 unspecified atom stereocenters. The van der Waals surface area contributed by atoms with E-state index in [1.165, 1.54) is 43.2 Å². The minimum atomic E-state index is -0.168. The van der Waals surface area contributed by atoms with Gasteiger partial charge in [0.1, 0.15) is 0 Å². The van der Waals surface area contributed by atoms with Crippen LogP contribution in [0.1, 0.15) is 63.0 Å². The van der Waals surface area contributed by atoms with E-state index in [2.05, 4.69) is 51.7 Å². The fourth-order valence-electron chi connectivity index (χ4n) is 4.99. The Balaban J connectivity index is 0.00000341. The summed E-state index contributed by atoms with van der Waals surface area (Å²) < 4.78 is 0. The van der Waals surface area contributed by atoms with Crippen LogP contribution in [0.4, 0.5) is 0 Å². The summed E-state index contributed by atoms with van der Waals surface area (Å²) in [5.74, 6) is 0.698. The molecule has 1 aromatic rings. The molecule has 0 aromatic heterocycles. The van der Waals surface area contributed by atoms with E-state index in [9.17, 15) is 4.79 Å². The molecule has 1 saturated heterocycles. The summed E-state index contributed by atoms with van der Waals surface area (Å²) in [5.41, 5.74) is 8.47. The minimum Gasteiger partial charge on any atom is -0.369 e. The number of halogens is 1. The first kappa shape index (κ1) is 25.9. The first-order chi connectivity index (χ1) is 14.5. The molecule has 0 bridgehead atoms. The van der Waals surface area contributed by atoms with Gasteiger partial charge in [-0.25, -0.2) is 0 Å². The maximum atomic E-state index is 11.5. The number of piperidine rings is 1. The van der Waals surface area contributed by atoms with Gasteiger partial charge in [0, 0.05) is 33.2 Å². The second-order valence-corrected chi connectivity index (χ2v) is 9.14. The fraction of sp³-hybridized carbons (Fsp3) is 0.667. The van der Waals surface area contributed by atoms with E-state index in [0.717, 1.165) is 51.5 Å². The molecule has 7 heteroatoms. The average Bonchev–Trinajstić information content (AvgIpc) is 3.24. The first-order valence-corrected chi connectivity index (χ1v) is 11.6. The van der Waals surface area contributed by atoms with Crippen LogP contribution in [0.25, 0.3) is 0 Å². The summed E-state index contributed by atoms with van der Waals surface area (Å²) in [5, 5.41) is 7.02. The highest BCUT2D eigenvalue weighted by molar-refractivity contribution is 14.0. The van der Waals surface area contributed by atoms with Gasteiger partial charge in [0.25, 0.3) is 0 Å². The molecule has 6 nitrogen and oxygen atoms in total. The molecular weight excluding hydrogens is 501 g/mol. The number of benzene rings is 1. The molecular formula is C24H40IN5O. The largest absolute Gasteiger partial charge is 0.369 e. The summed E-state index contributed by atoms with van der Waals surface area (Å²) in [7, 11) is 1.84. The lowest BCUT2D eigenvalue weighted by molar-refractivity contribution is -0.123. The Hall–Kier alpha value is -1.35. The summed E-state index contributed by atoms with van der Waals surface area (Å²) in [6, 6.07) is 8.67. The van der Waals surface area contributed by atoms with Crippen LogP contribution in [0.5, 0.6) is 0 Å². The number of rotatable bonds is 8. The Morgan fingerprint density at radius 2 is 1.97 bits per heavy atom. The molecule has 1 aliphatic heterocycles. The number of primary amides is 1. The van der Waals surface area contributed by atoms with Crippen molar-refractivity contribution >= 4 is 35.8 Å². The van der Waals surface area contributed by atoms with Gasteiger partial charge >= 0.3 is 0 Å². The molecule has 1 amide bonds. The third-order valence-corrected chi connectivity index (χ3v) is 7.03. The summed E-state index contributed by atoms with van der Waals surface area (Å²) >= 11 is 0. The van der Waals surface area contributed by atoms with Crippen molar-refractivity contribution in [1.29, 1.82) is 0 Å². The molecule has 0 radical (unpaired) electrons. The zero-order chi connectivity index (χ0) is 21.4. The average molecular weight is 542 g/mol. The number of likely N-dealkylation sites (tertiary alicyclic amines) is 1. The van der Waals surface area contributed by atoms with Gasteiger partial charge in [-0.2, -0.15) is 0 Å². The molecule has 2 aliphatic rings. The topological polar surface area (TPSA) is 82.8 Å². The van der Waals surface area contributed by atoms with Gasteiger partial charge in [0.15, 0.2) is 5.96 Å². The number of hydrogen-bond donors (Lipinski definition) is 3. The number of carbonyl (C=O) groups is 1. The molecule has 1 atom stereocenters. The van der Waals surface area contributed by atoms with Gasteiger partial charge in [0.05, 0.1) is 5.92 Å². The Bertz CT molecular complexity index is 732. The molecule has 4 N–H and O–H groups in total. The third-order valence-electron chi connectivity index (χ3n) is 7.03. The lowest BCUT2D eigenvalue weighted by Gasteiger charge is -2.31. The summed E-state index contributed by atoms with van der Waals surface area (Å²) in [6.45, 7) is 6.72. The molecule has 1 saturated carbocycles. The SMILES string of the molecule is CCC1(CNC(=NC)NCc2cccc(CN3CCCC(C(N)=O)C3)c2)CCCC1.I. The molecule has 2 fully saturated rings. The van der Waals surface area contributed by atoms with Crippen molar-refractivity contribution in [3.8, 4) is 0 Å². The standard InChI is InChI=1S/C24H39N5O.HI/c1-3-24(11-4-5-12-24)18-28-23(26-2)27-15-19-8-6-9-20(14-19)16-29-13-7-10-21(17-29)22(25)30;/h6,8-9,14,21H,3-5,7,10-13,15-18H2,1-2H3,(H2,25,30)(H2,26,27,28);1H. The van der Waals surface area contributed by atoms with E-state index in [1.807, 2.05) is 7.05 Å². The quantitative estimate of drug-likeness (QED) is 0.267. The van der Waals surface area contributed by atoms with E-state index in [-0.39, 0.29) is 35.8 Å². The van der Waals surface area contributed by atoms with Crippen LogP contribution in [-0.4, -0.2) is 43.4 Å². The van der Waals surface area contributed by atoms with Crippen molar-refractivity contribution < 1.29 is 4.79 Å². The number of nitrogens with two attached hydrogens (primary N) is 1. The maximum Gasteiger partial charge on any atom is 0.221 e. The lowest BCUT2D eigenvalue weighted by Crippen LogP contribution is -2.42. The molecule has 31 heavy (non-hydrogen) atoms. The first-order valence-electron chi connectivity index (χ1n) is 11.6. The number of nitrogens with zero attached hydrogens (tertiary/aromatic N) is 2. The smallest absolute Gasteiger partial charge is 0.221 e. The van der Waals surface area contributed by atoms with Crippen LogP contribution in [0.3, 0.4) is 0 Å². The minimum absolute atomic E-state index is 0. The third kappa shape index (κ3) is 7.63. The molecule has 1 heterocycles. The van der Waals surface area contributed by atoms with Gasteiger partial charge in [-0.3, -0.25) is 14.7 Å². The lowest BCUT2D eigenvalue weighted by atomic mass is 9.83. The van der Waals surface area contributed by atoms with Crippen LogP contribution in [0.2, 0.25) is 0 Å². The van der Waals surface area contributed by atoms with E-state index >= 15 is 0 Å². The Labute approximate surface area is 204 Å². The van der Waals surface area contributed by atoms with Crippen molar-refractivity contribution in [2.24, 2.45) is 22.1 Å². The molecule has 1 aromatic carbocycles. The second-order valence-electron chi connectivity index (χ2n) is 9.14. The fourth-order valence-corrected chi connectivity index (χ4v) is 4.99. The van der Waals surface area contributed by atoms with E-state index < -0.39 is 0 Å². The normalized spacial score (nSPS) is 21.4. The van der Waals surface area contributed by atoms with Gasteiger partial charge in [-0.15, -0.1) is 24.0 Å². The zero-order valence-corrected chi connectivity index (χ0v) is 21.5. The predicted molar refractivity (Wildman–Crippen MR) is 138 cm³/mol. The molecule has 3 rings (SSSR count). The van der Waals surface area contributed by atoms with Gasteiger partial charge in [-0.05, 0) is 55.2 Å². The van der Waals surface area contributed by atoms with Gasteiger partial charge in [0.2, 0.25) is 5.91 Å². The number of carbonyl (C=O) groups excluding carboxylic acids is 1. The Morgan fingerprint density at radius 3 is 2.65 bits per heavy atom. The van der Waals surface area contributed by atoms with Crippen LogP contribution in [0.15, 0.2) is 29.3 Å². The Morgan fingerprint density at radius 1 is 1.23 bits per heavy atom. The number of amides is 1. The van der Waals surface area contributed by atoms with Crippen molar-refractivity contribution in [1.82, 2.24) is 15.5 Å². The molecule has 0 spiro atoms.